The van der Waals surface area contributed by atoms with Crippen molar-refractivity contribution >= 4 is 10.0 Å². The minimum atomic E-state index is -3.21. The molecule has 0 heterocycles. The monoisotopic (exact) mass is 192 g/mol. The first kappa shape index (κ1) is 11.6. The van der Waals surface area contributed by atoms with Crippen molar-refractivity contribution in [3.63, 3.8) is 0 Å². The SMILES string of the molecule is C=CCS(=O)(=O)NCC(C)(C)N. The third kappa shape index (κ3) is 6.33. The van der Waals surface area contributed by atoms with E-state index in [1.54, 1.807) is 13.8 Å². The average Bonchev–Trinajstić information content (AvgIpc) is 1.83. The minimum Gasteiger partial charge on any atom is -0.324 e. The highest BCUT2D eigenvalue weighted by molar-refractivity contribution is 7.89. The Labute approximate surface area is 73.9 Å². The standard InChI is InChI=1S/C7H16N2O2S/c1-4-5-12(10,11)9-6-7(2,3)8/h4,9H,1,5-6,8H2,2-3H3. The van der Waals surface area contributed by atoms with Gasteiger partial charge in [-0.2, -0.15) is 0 Å². The normalized spacial score (nSPS) is 12.9. The lowest BCUT2D eigenvalue weighted by atomic mass is 10.1. The van der Waals surface area contributed by atoms with Crippen molar-refractivity contribution in [1.29, 1.82) is 0 Å². The molecule has 0 fully saturated rings. The summed E-state index contributed by atoms with van der Waals surface area (Å²) >= 11 is 0. The molecule has 0 aromatic heterocycles. The number of hydrogen-bond donors (Lipinski definition) is 2. The third-order valence-corrected chi connectivity index (χ3v) is 2.34. The van der Waals surface area contributed by atoms with Crippen LogP contribution in [-0.2, 0) is 10.0 Å². The average molecular weight is 192 g/mol. The van der Waals surface area contributed by atoms with Crippen LogP contribution in [0.4, 0.5) is 0 Å². The molecule has 3 N–H and O–H groups in total. The lowest BCUT2D eigenvalue weighted by molar-refractivity contribution is 0.499. The molecule has 0 aliphatic rings. The van der Waals surface area contributed by atoms with Gasteiger partial charge in [0.1, 0.15) is 0 Å². The van der Waals surface area contributed by atoms with E-state index in [1.807, 2.05) is 0 Å². The summed E-state index contributed by atoms with van der Waals surface area (Å²) in [5.41, 5.74) is 5.07. The molecule has 0 rings (SSSR count). The molecular formula is C7H16N2O2S. The van der Waals surface area contributed by atoms with E-state index in [-0.39, 0.29) is 12.3 Å². The third-order valence-electron chi connectivity index (χ3n) is 1.08. The van der Waals surface area contributed by atoms with Gasteiger partial charge in [0.2, 0.25) is 10.0 Å². The molecule has 12 heavy (non-hydrogen) atoms. The molecular weight excluding hydrogens is 176 g/mol. The molecule has 0 bridgehead atoms. The van der Waals surface area contributed by atoms with Gasteiger partial charge in [0.15, 0.2) is 0 Å². The Bertz CT molecular complexity index is 239. The zero-order valence-corrected chi connectivity index (χ0v) is 8.32. The van der Waals surface area contributed by atoms with Gasteiger partial charge in [-0.1, -0.05) is 6.08 Å². The van der Waals surface area contributed by atoms with Gasteiger partial charge in [-0.25, -0.2) is 13.1 Å². The lowest BCUT2D eigenvalue weighted by Gasteiger charge is -2.18. The maximum atomic E-state index is 11.0. The van der Waals surface area contributed by atoms with Gasteiger partial charge in [0, 0.05) is 12.1 Å². The van der Waals surface area contributed by atoms with Gasteiger partial charge in [-0.3, -0.25) is 0 Å². The van der Waals surface area contributed by atoms with Crippen molar-refractivity contribution in [2.75, 3.05) is 12.3 Å². The summed E-state index contributed by atoms with van der Waals surface area (Å²) in [5.74, 6) is -0.0664. The van der Waals surface area contributed by atoms with Gasteiger partial charge in [0.25, 0.3) is 0 Å². The zero-order chi connectivity index (χ0) is 9.83. The molecule has 0 aliphatic carbocycles. The lowest BCUT2D eigenvalue weighted by Crippen LogP contribution is -2.45. The van der Waals surface area contributed by atoms with Crippen molar-refractivity contribution in [2.24, 2.45) is 5.73 Å². The van der Waals surface area contributed by atoms with Crippen molar-refractivity contribution < 1.29 is 8.42 Å². The molecule has 0 atom stereocenters. The van der Waals surface area contributed by atoms with Crippen LogP contribution in [0.15, 0.2) is 12.7 Å². The molecule has 0 amide bonds. The van der Waals surface area contributed by atoms with Gasteiger partial charge in [-0.05, 0) is 13.8 Å². The maximum absolute atomic E-state index is 11.0. The van der Waals surface area contributed by atoms with Crippen LogP contribution >= 0.6 is 0 Å². The first-order valence-corrected chi connectivity index (χ1v) is 5.29. The van der Waals surface area contributed by atoms with Crippen LogP contribution < -0.4 is 10.5 Å². The van der Waals surface area contributed by atoms with Crippen molar-refractivity contribution in [1.82, 2.24) is 4.72 Å². The fourth-order valence-electron chi connectivity index (χ4n) is 0.510. The largest absolute Gasteiger partial charge is 0.324 e. The molecule has 0 aliphatic heterocycles. The Hall–Kier alpha value is -0.390. The van der Waals surface area contributed by atoms with E-state index in [1.165, 1.54) is 6.08 Å². The van der Waals surface area contributed by atoms with Crippen LogP contribution in [0, 0.1) is 0 Å². The Morgan fingerprint density at radius 3 is 2.42 bits per heavy atom. The van der Waals surface area contributed by atoms with Crippen LogP contribution in [0.25, 0.3) is 0 Å². The van der Waals surface area contributed by atoms with E-state index < -0.39 is 15.6 Å². The van der Waals surface area contributed by atoms with Crippen molar-refractivity contribution in [2.45, 2.75) is 19.4 Å². The molecule has 72 valence electrons. The molecule has 0 saturated heterocycles. The molecule has 0 saturated carbocycles. The summed E-state index contributed by atoms with van der Waals surface area (Å²) in [6.45, 7) is 7.09. The van der Waals surface area contributed by atoms with Crippen LogP contribution in [0.1, 0.15) is 13.8 Å². The van der Waals surface area contributed by atoms with E-state index in [4.69, 9.17) is 5.73 Å². The zero-order valence-electron chi connectivity index (χ0n) is 7.50. The summed E-state index contributed by atoms with van der Waals surface area (Å²) in [5, 5.41) is 0. The summed E-state index contributed by atoms with van der Waals surface area (Å²) in [6.07, 6.45) is 1.34. The smallest absolute Gasteiger partial charge is 0.215 e. The fraction of sp³-hybridized carbons (Fsp3) is 0.714. The number of sulfonamides is 1. The predicted molar refractivity (Wildman–Crippen MR) is 50.3 cm³/mol. The molecule has 0 radical (unpaired) electrons. The quantitative estimate of drug-likeness (QED) is 0.594. The molecule has 4 nitrogen and oxygen atoms in total. The molecule has 5 heteroatoms. The van der Waals surface area contributed by atoms with Gasteiger partial charge in [0.05, 0.1) is 5.75 Å². The second-order valence-corrected chi connectivity index (χ2v) is 5.23. The highest BCUT2D eigenvalue weighted by Crippen LogP contribution is 1.95. The van der Waals surface area contributed by atoms with Gasteiger partial charge < -0.3 is 5.73 Å². The molecule has 0 spiro atoms. The van der Waals surface area contributed by atoms with E-state index in [0.717, 1.165) is 0 Å². The Balaban J connectivity index is 4.02. The number of rotatable bonds is 5. The van der Waals surface area contributed by atoms with Gasteiger partial charge in [-0.15, -0.1) is 6.58 Å². The van der Waals surface area contributed by atoms with E-state index >= 15 is 0 Å². The fourth-order valence-corrected chi connectivity index (χ4v) is 1.53. The van der Waals surface area contributed by atoms with E-state index in [0.29, 0.717) is 0 Å². The Morgan fingerprint density at radius 2 is 2.08 bits per heavy atom. The van der Waals surface area contributed by atoms with Crippen molar-refractivity contribution in [3.8, 4) is 0 Å². The second-order valence-electron chi connectivity index (χ2n) is 3.38. The number of nitrogens with one attached hydrogen (secondary N) is 1. The number of hydrogen-bond acceptors (Lipinski definition) is 3. The minimum absolute atomic E-state index is 0.0664. The highest BCUT2D eigenvalue weighted by atomic mass is 32.2. The first-order valence-electron chi connectivity index (χ1n) is 3.64. The van der Waals surface area contributed by atoms with E-state index in [2.05, 4.69) is 11.3 Å². The summed E-state index contributed by atoms with van der Waals surface area (Å²) in [7, 11) is -3.21. The second kappa shape index (κ2) is 4.02. The summed E-state index contributed by atoms with van der Waals surface area (Å²) in [6, 6.07) is 0. The summed E-state index contributed by atoms with van der Waals surface area (Å²) < 4.78 is 24.5. The highest BCUT2D eigenvalue weighted by Gasteiger charge is 2.14. The van der Waals surface area contributed by atoms with Crippen LogP contribution in [0.2, 0.25) is 0 Å². The maximum Gasteiger partial charge on any atom is 0.215 e. The van der Waals surface area contributed by atoms with E-state index in [9.17, 15) is 8.42 Å². The Morgan fingerprint density at radius 1 is 1.58 bits per heavy atom. The Kier molecular flexibility index (Phi) is 3.89. The van der Waals surface area contributed by atoms with Crippen LogP contribution in [0.5, 0.6) is 0 Å². The predicted octanol–water partition coefficient (Wildman–Crippen LogP) is -0.171. The van der Waals surface area contributed by atoms with Crippen molar-refractivity contribution in [3.05, 3.63) is 12.7 Å². The van der Waals surface area contributed by atoms with Crippen LogP contribution in [-0.4, -0.2) is 26.3 Å². The van der Waals surface area contributed by atoms with Crippen LogP contribution in [0.3, 0.4) is 0 Å². The topological polar surface area (TPSA) is 72.2 Å². The van der Waals surface area contributed by atoms with Gasteiger partial charge >= 0.3 is 0 Å². The molecule has 0 unspecified atom stereocenters. The number of nitrogens with two attached hydrogens (primary N) is 1. The first-order chi connectivity index (χ1) is 5.27. The molecule has 0 aromatic carbocycles. The summed E-state index contributed by atoms with van der Waals surface area (Å²) in [4.78, 5) is 0. The molecule has 0 aromatic rings.